The molecule has 1 amide bonds. The molecule has 98 valence electrons. The fourth-order valence-corrected chi connectivity index (χ4v) is 2.31. The van der Waals surface area contributed by atoms with Crippen LogP contribution in [0.25, 0.3) is 0 Å². The summed E-state index contributed by atoms with van der Waals surface area (Å²) < 4.78 is 0. The lowest BCUT2D eigenvalue weighted by Gasteiger charge is -2.14. The fraction of sp³-hybridized carbons (Fsp3) is 0.533. The van der Waals surface area contributed by atoms with E-state index in [0.717, 1.165) is 17.5 Å². The van der Waals surface area contributed by atoms with Crippen LogP contribution in [0.15, 0.2) is 24.3 Å². The fourth-order valence-electron chi connectivity index (χ4n) is 2.31. The van der Waals surface area contributed by atoms with Crippen molar-refractivity contribution < 1.29 is 9.90 Å². The normalized spacial score (nSPS) is 22.3. The number of carbonyl (C=O) groups is 1. The van der Waals surface area contributed by atoms with E-state index in [1.54, 1.807) is 0 Å². The summed E-state index contributed by atoms with van der Waals surface area (Å²) in [4.78, 5) is 11.8. The van der Waals surface area contributed by atoms with Crippen LogP contribution in [0.3, 0.4) is 0 Å². The van der Waals surface area contributed by atoms with Gasteiger partial charge in [0.25, 0.3) is 0 Å². The zero-order valence-electron chi connectivity index (χ0n) is 11.2. The van der Waals surface area contributed by atoms with Crippen LogP contribution in [0.1, 0.15) is 37.5 Å². The number of hydrogen-bond acceptors (Lipinski definition) is 2. The Kier molecular flexibility index (Phi) is 3.44. The van der Waals surface area contributed by atoms with Gasteiger partial charge in [-0.15, -0.1) is 0 Å². The van der Waals surface area contributed by atoms with Crippen molar-refractivity contribution in [1.29, 1.82) is 0 Å². The first-order chi connectivity index (χ1) is 8.42. The van der Waals surface area contributed by atoms with Gasteiger partial charge in [-0.05, 0) is 29.9 Å². The van der Waals surface area contributed by atoms with E-state index in [1.165, 1.54) is 0 Å². The summed E-state index contributed by atoms with van der Waals surface area (Å²) in [6.45, 7) is 6.44. The molecule has 1 aromatic carbocycles. The van der Waals surface area contributed by atoms with Crippen molar-refractivity contribution in [3.8, 4) is 0 Å². The SMILES string of the molecule is Cc1ccccc1C(O)CNC(=O)C1CC1(C)C. The first-order valence-corrected chi connectivity index (χ1v) is 6.43. The molecule has 2 rings (SSSR count). The van der Waals surface area contributed by atoms with Crippen LogP contribution >= 0.6 is 0 Å². The third kappa shape index (κ3) is 2.72. The first kappa shape index (κ1) is 13.1. The monoisotopic (exact) mass is 247 g/mol. The van der Waals surface area contributed by atoms with E-state index < -0.39 is 6.10 Å². The van der Waals surface area contributed by atoms with Crippen molar-refractivity contribution in [1.82, 2.24) is 5.32 Å². The minimum atomic E-state index is -0.628. The second-order valence-corrected chi connectivity index (χ2v) is 5.86. The summed E-state index contributed by atoms with van der Waals surface area (Å²) in [7, 11) is 0. The van der Waals surface area contributed by atoms with Crippen molar-refractivity contribution in [2.45, 2.75) is 33.3 Å². The quantitative estimate of drug-likeness (QED) is 0.857. The summed E-state index contributed by atoms with van der Waals surface area (Å²) in [5.74, 6) is 0.175. The lowest BCUT2D eigenvalue weighted by Crippen LogP contribution is -2.30. The van der Waals surface area contributed by atoms with Crippen molar-refractivity contribution >= 4 is 5.91 Å². The molecule has 0 spiro atoms. The van der Waals surface area contributed by atoms with Gasteiger partial charge in [0.05, 0.1) is 6.10 Å². The van der Waals surface area contributed by atoms with Crippen LogP contribution in [0, 0.1) is 18.3 Å². The molecule has 2 unspecified atom stereocenters. The summed E-state index contributed by atoms with van der Waals surface area (Å²) in [5.41, 5.74) is 2.07. The Morgan fingerprint density at radius 3 is 2.67 bits per heavy atom. The van der Waals surface area contributed by atoms with E-state index in [-0.39, 0.29) is 23.8 Å². The Morgan fingerprint density at radius 1 is 1.50 bits per heavy atom. The van der Waals surface area contributed by atoms with Crippen molar-refractivity contribution in [3.05, 3.63) is 35.4 Å². The highest BCUT2D eigenvalue weighted by Gasteiger charge is 2.50. The van der Waals surface area contributed by atoms with Gasteiger partial charge in [-0.2, -0.15) is 0 Å². The Labute approximate surface area is 108 Å². The highest BCUT2D eigenvalue weighted by atomic mass is 16.3. The van der Waals surface area contributed by atoms with Gasteiger partial charge in [-0.25, -0.2) is 0 Å². The molecular weight excluding hydrogens is 226 g/mol. The number of hydrogen-bond donors (Lipinski definition) is 2. The smallest absolute Gasteiger partial charge is 0.223 e. The van der Waals surface area contributed by atoms with Crippen molar-refractivity contribution in [3.63, 3.8) is 0 Å². The zero-order chi connectivity index (χ0) is 13.3. The Balaban J connectivity index is 1.88. The minimum absolute atomic E-state index is 0.0626. The maximum absolute atomic E-state index is 11.8. The van der Waals surface area contributed by atoms with E-state index in [2.05, 4.69) is 19.2 Å². The number of carbonyl (C=O) groups excluding carboxylic acids is 1. The Morgan fingerprint density at radius 2 is 2.11 bits per heavy atom. The molecule has 1 aliphatic carbocycles. The maximum Gasteiger partial charge on any atom is 0.223 e. The van der Waals surface area contributed by atoms with E-state index >= 15 is 0 Å². The average Bonchev–Trinajstić information content (AvgIpc) is 2.96. The molecule has 3 heteroatoms. The Hall–Kier alpha value is -1.35. The van der Waals surface area contributed by atoms with Gasteiger partial charge < -0.3 is 10.4 Å². The standard InChI is InChI=1S/C15H21NO2/c1-10-6-4-5-7-11(10)13(17)9-16-14(18)12-8-15(12,2)3/h4-7,12-13,17H,8-9H2,1-3H3,(H,16,18). The predicted molar refractivity (Wildman–Crippen MR) is 71.0 cm³/mol. The van der Waals surface area contributed by atoms with Crippen LogP contribution < -0.4 is 5.32 Å². The van der Waals surface area contributed by atoms with E-state index in [4.69, 9.17) is 0 Å². The molecule has 0 radical (unpaired) electrons. The molecule has 0 saturated heterocycles. The molecule has 0 heterocycles. The first-order valence-electron chi connectivity index (χ1n) is 6.43. The van der Waals surface area contributed by atoms with Crippen LogP contribution in [0.5, 0.6) is 0 Å². The van der Waals surface area contributed by atoms with Gasteiger partial charge in [-0.1, -0.05) is 38.1 Å². The van der Waals surface area contributed by atoms with Gasteiger partial charge in [0.1, 0.15) is 0 Å². The molecule has 0 bridgehead atoms. The summed E-state index contributed by atoms with van der Waals surface area (Å²) in [6, 6.07) is 7.70. The number of aliphatic hydroxyl groups excluding tert-OH is 1. The number of aliphatic hydroxyl groups is 1. The topological polar surface area (TPSA) is 49.3 Å². The van der Waals surface area contributed by atoms with Gasteiger partial charge >= 0.3 is 0 Å². The average molecular weight is 247 g/mol. The number of amides is 1. The predicted octanol–water partition coefficient (Wildman–Crippen LogP) is 2.19. The van der Waals surface area contributed by atoms with Crippen LogP contribution in [-0.4, -0.2) is 17.6 Å². The summed E-state index contributed by atoms with van der Waals surface area (Å²) in [5, 5.41) is 12.9. The molecule has 3 nitrogen and oxygen atoms in total. The minimum Gasteiger partial charge on any atom is -0.387 e. The van der Waals surface area contributed by atoms with Crippen molar-refractivity contribution in [2.24, 2.45) is 11.3 Å². The number of aryl methyl sites for hydroxylation is 1. The highest BCUT2D eigenvalue weighted by molar-refractivity contribution is 5.82. The molecule has 0 aliphatic heterocycles. The lowest BCUT2D eigenvalue weighted by molar-refractivity contribution is -0.123. The van der Waals surface area contributed by atoms with Gasteiger partial charge in [0, 0.05) is 12.5 Å². The second-order valence-electron chi connectivity index (χ2n) is 5.86. The molecule has 18 heavy (non-hydrogen) atoms. The van der Waals surface area contributed by atoms with E-state index in [1.807, 2.05) is 31.2 Å². The molecular formula is C15H21NO2. The second kappa shape index (κ2) is 4.73. The molecule has 1 saturated carbocycles. The molecule has 1 fully saturated rings. The summed E-state index contributed by atoms with van der Waals surface area (Å²) >= 11 is 0. The van der Waals surface area contributed by atoms with Crippen molar-refractivity contribution in [2.75, 3.05) is 6.54 Å². The third-order valence-corrected chi connectivity index (χ3v) is 3.85. The number of nitrogens with one attached hydrogen (secondary N) is 1. The summed E-state index contributed by atoms with van der Waals surface area (Å²) in [6.07, 6.45) is 0.316. The van der Waals surface area contributed by atoms with Crippen LogP contribution in [0.4, 0.5) is 0 Å². The lowest BCUT2D eigenvalue weighted by atomic mass is 10.0. The third-order valence-electron chi connectivity index (χ3n) is 3.85. The molecule has 1 aliphatic rings. The Bertz CT molecular complexity index is 454. The molecule has 2 atom stereocenters. The number of benzene rings is 1. The van der Waals surface area contributed by atoms with Gasteiger partial charge in [-0.3, -0.25) is 4.79 Å². The van der Waals surface area contributed by atoms with E-state index in [9.17, 15) is 9.90 Å². The number of rotatable bonds is 4. The van der Waals surface area contributed by atoms with Gasteiger partial charge in [0.2, 0.25) is 5.91 Å². The highest BCUT2D eigenvalue weighted by Crippen LogP contribution is 2.51. The van der Waals surface area contributed by atoms with Crippen LogP contribution in [-0.2, 0) is 4.79 Å². The van der Waals surface area contributed by atoms with E-state index in [0.29, 0.717) is 0 Å². The molecule has 2 N–H and O–H groups in total. The molecule has 0 aromatic heterocycles. The van der Waals surface area contributed by atoms with Gasteiger partial charge in [0.15, 0.2) is 0 Å². The maximum atomic E-state index is 11.8. The zero-order valence-corrected chi connectivity index (χ0v) is 11.2. The molecule has 1 aromatic rings. The van der Waals surface area contributed by atoms with Crippen LogP contribution in [0.2, 0.25) is 0 Å². The largest absolute Gasteiger partial charge is 0.387 e.